The average molecular weight is 215 g/mol. The first kappa shape index (κ1) is 8.65. The highest BCUT2D eigenvalue weighted by molar-refractivity contribution is 9.10. The lowest BCUT2D eigenvalue weighted by Gasteiger charge is -2.04. The van der Waals surface area contributed by atoms with Crippen molar-refractivity contribution < 1.29 is 0 Å². The number of hydrogen-bond donors (Lipinski definition) is 0. The van der Waals surface area contributed by atoms with Crippen molar-refractivity contribution in [1.29, 1.82) is 0 Å². The van der Waals surface area contributed by atoms with Gasteiger partial charge in [0.15, 0.2) is 0 Å². The molecule has 0 bridgehead atoms. The molecule has 0 radical (unpaired) electrons. The Morgan fingerprint density at radius 2 is 2.27 bits per heavy atom. The Kier molecular flexibility index (Phi) is 3.00. The van der Waals surface area contributed by atoms with Gasteiger partial charge in [0.25, 0.3) is 0 Å². The highest BCUT2D eigenvalue weighted by atomic mass is 79.9. The SMILES string of the molecule is CC(C)Cc1ncncc1Br. The molecular weight excluding hydrogens is 204 g/mol. The molecule has 0 aliphatic heterocycles. The van der Waals surface area contributed by atoms with Crippen molar-refractivity contribution in [3.8, 4) is 0 Å². The lowest BCUT2D eigenvalue weighted by molar-refractivity contribution is 0.631. The number of halogens is 1. The van der Waals surface area contributed by atoms with Crippen LogP contribution >= 0.6 is 15.9 Å². The summed E-state index contributed by atoms with van der Waals surface area (Å²) in [6.07, 6.45) is 4.37. The van der Waals surface area contributed by atoms with E-state index in [1.165, 1.54) is 0 Å². The fourth-order valence-electron chi connectivity index (χ4n) is 0.875. The van der Waals surface area contributed by atoms with Crippen LogP contribution < -0.4 is 0 Å². The summed E-state index contributed by atoms with van der Waals surface area (Å²) in [6, 6.07) is 0. The van der Waals surface area contributed by atoms with Crippen molar-refractivity contribution in [2.24, 2.45) is 5.92 Å². The quantitative estimate of drug-likeness (QED) is 0.757. The topological polar surface area (TPSA) is 25.8 Å². The van der Waals surface area contributed by atoms with Gasteiger partial charge in [-0.25, -0.2) is 9.97 Å². The summed E-state index contributed by atoms with van der Waals surface area (Å²) < 4.78 is 1.01. The molecule has 0 saturated heterocycles. The third-order valence-electron chi connectivity index (χ3n) is 1.35. The highest BCUT2D eigenvalue weighted by Gasteiger charge is 2.02. The minimum absolute atomic E-state index is 0.640. The summed E-state index contributed by atoms with van der Waals surface area (Å²) in [5.41, 5.74) is 1.09. The number of nitrogens with zero attached hydrogens (tertiary/aromatic N) is 2. The summed E-state index contributed by atoms with van der Waals surface area (Å²) in [7, 11) is 0. The molecule has 1 aromatic rings. The van der Waals surface area contributed by atoms with Gasteiger partial charge < -0.3 is 0 Å². The first-order chi connectivity index (χ1) is 5.20. The summed E-state index contributed by atoms with van der Waals surface area (Å²) in [5.74, 6) is 0.640. The third-order valence-corrected chi connectivity index (χ3v) is 2.01. The van der Waals surface area contributed by atoms with E-state index in [0.29, 0.717) is 5.92 Å². The smallest absolute Gasteiger partial charge is 0.115 e. The van der Waals surface area contributed by atoms with E-state index >= 15 is 0 Å². The molecular formula is C8H11BrN2. The van der Waals surface area contributed by atoms with Gasteiger partial charge in [0, 0.05) is 6.20 Å². The average Bonchev–Trinajstić information content (AvgIpc) is 1.93. The van der Waals surface area contributed by atoms with Gasteiger partial charge in [-0.3, -0.25) is 0 Å². The lowest BCUT2D eigenvalue weighted by atomic mass is 10.1. The molecule has 0 saturated carbocycles. The van der Waals surface area contributed by atoms with Crippen LogP contribution in [0.15, 0.2) is 17.0 Å². The summed E-state index contributed by atoms with van der Waals surface area (Å²) in [5, 5.41) is 0. The molecule has 60 valence electrons. The van der Waals surface area contributed by atoms with E-state index in [0.717, 1.165) is 16.6 Å². The van der Waals surface area contributed by atoms with E-state index in [2.05, 4.69) is 39.7 Å². The first-order valence-corrected chi connectivity index (χ1v) is 4.44. The fourth-order valence-corrected chi connectivity index (χ4v) is 1.26. The zero-order valence-corrected chi connectivity index (χ0v) is 8.30. The first-order valence-electron chi connectivity index (χ1n) is 3.64. The molecule has 2 nitrogen and oxygen atoms in total. The minimum Gasteiger partial charge on any atom is -0.244 e. The predicted octanol–water partition coefficient (Wildman–Crippen LogP) is 2.44. The Morgan fingerprint density at radius 1 is 1.55 bits per heavy atom. The van der Waals surface area contributed by atoms with E-state index in [1.807, 2.05) is 0 Å². The molecule has 0 unspecified atom stereocenters. The van der Waals surface area contributed by atoms with Crippen LogP contribution in [0.1, 0.15) is 19.5 Å². The Balaban J connectivity index is 2.78. The maximum atomic E-state index is 4.16. The van der Waals surface area contributed by atoms with Crippen LogP contribution in [-0.2, 0) is 6.42 Å². The molecule has 0 aliphatic carbocycles. The molecule has 0 spiro atoms. The van der Waals surface area contributed by atoms with Crippen molar-refractivity contribution in [1.82, 2.24) is 9.97 Å². The van der Waals surface area contributed by atoms with E-state index in [1.54, 1.807) is 12.5 Å². The van der Waals surface area contributed by atoms with Gasteiger partial charge in [-0.1, -0.05) is 13.8 Å². The predicted molar refractivity (Wildman–Crippen MR) is 48.3 cm³/mol. The molecule has 0 aromatic carbocycles. The number of rotatable bonds is 2. The Morgan fingerprint density at radius 3 is 2.82 bits per heavy atom. The van der Waals surface area contributed by atoms with Crippen molar-refractivity contribution in [2.75, 3.05) is 0 Å². The van der Waals surface area contributed by atoms with Crippen molar-refractivity contribution in [3.63, 3.8) is 0 Å². The summed E-state index contributed by atoms with van der Waals surface area (Å²) >= 11 is 3.40. The number of hydrogen-bond acceptors (Lipinski definition) is 2. The van der Waals surface area contributed by atoms with Gasteiger partial charge in [-0.05, 0) is 28.3 Å². The summed E-state index contributed by atoms with van der Waals surface area (Å²) in [6.45, 7) is 4.35. The zero-order valence-electron chi connectivity index (χ0n) is 6.71. The van der Waals surface area contributed by atoms with Gasteiger partial charge in [0.2, 0.25) is 0 Å². The monoisotopic (exact) mass is 214 g/mol. The van der Waals surface area contributed by atoms with E-state index < -0.39 is 0 Å². The Hall–Kier alpha value is -0.440. The summed E-state index contributed by atoms with van der Waals surface area (Å²) in [4.78, 5) is 8.05. The maximum absolute atomic E-state index is 4.16. The van der Waals surface area contributed by atoms with Crippen LogP contribution in [0.5, 0.6) is 0 Å². The second-order valence-electron chi connectivity index (χ2n) is 2.92. The lowest BCUT2D eigenvalue weighted by Crippen LogP contribution is -1.98. The number of aromatic nitrogens is 2. The molecule has 0 N–H and O–H groups in total. The van der Waals surface area contributed by atoms with Gasteiger partial charge in [-0.2, -0.15) is 0 Å². The molecule has 1 rings (SSSR count). The van der Waals surface area contributed by atoms with E-state index in [9.17, 15) is 0 Å². The molecule has 1 aromatic heterocycles. The van der Waals surface area contributed by atoms with E-state index in [-0.39, 0.29) is 0 Å². The second kappa shape index (κ2) is 3.81. The van der Waals surface area contributed by atoms with Crippen LogP contribution in [0.3, 0.4) is 0 Å². The van der Waals surface area contributed by atoms with Crippen molar-refractivity contribution in [3.05, 3.63) is 22.7 Å². The second-order valence-corrected chi connectivity index (χ2v) is 3.77. The van der Waals surface area contributed by atoms with Gasteiger partial charge in [0.05, 0.1) is 10.2 Å². The van der Waals surface area contributed by atoms with Crippen molar-refractivity contribution >= 4 is 15.9 Å². The van der Waals surface area contributed by atoms with Crippen LogP contribution in [0.2, 0.25) is 0 Å². The maximum Gasteiger partial charge on any atom is 0.115 e. The molecule has 11 heavy (non-hydrogen) atoms. The highest BCUT2D eigenvalue weighted by Crippen LogP contribution is 2.15. The Labute approximate surface area is 75.2 Å². The normalized spacial score (nSPS) is 10.5. The molecule has 0 fully saturated rings. The largest absolute Gasteiger partial charge is 0.244 e. The van der Waals surface area contributed by atoms with Crippen LogP contribution in [0, 0.1) is 5.92 Å². The van der Waals surface area contributed by atoms with Crippen molar-refractivity contribution in [2.45, 2.75) is 20.3 Å². The molecule has 3 heteroatoms. The van der Waals surface area contributed by atoms with Crippen LogP contribution in [0.4, 0.5) is 0 Å². The molecule has 0 amide bonds. The third kappa shape index (κ3) is 2.58. The minimum atomic E-state index is 0.640. The zero-order chi connectivity index (χ0) is 8.27. The molecule has 0 aliphatic rings. The van der Waals surface area contributed by atoms with Crippen LogP contribution in [-0.4, -0.2) is 9.97 Å². The molecule has 1 heterocycles. The van der Waals surface area contributed by atoms with Gasteiger partial charge in [-0.15, -0.1) is 0 Å². The Bertz CT molecular complexity index is 235. The van der Waals surface area contributed by atoms with Gasteiger partial charge >= 0.3 is 0 Å². The van der Waals surface area contributed by atoms with Gasteiger partial charge in [0.1, 0.15) is 6.33 Å². The van der Waals surface area contributed by atoms with E-state index in [4.69, 9.17) is 0 Å². The fraction of sp³-hybridized carbons (Fsp3) is 0.500. The standard InChI is InChI=1S/C8H11BrN2/c1-6(2)3-8-7(9)4-10-5-11-8/h4-6H,3H2,1-2H3. The van der Waals surface area contributed by atoms with Crippen LogP contribution in [0.25, 0.3) is 0 Å². The molecule has 0 atom stereocenters.